The van der Waals surface area contributed by atoms with Gasteiger partial charge in [0, 0.05) is 17.6 Å². The summed E-state index contributed by atoms with van der Waals surface area (Å²) in [7, 11) is 0. The second-order valence-corrected chi connectivity index (χ2v) is 3.51. The lowest BCUT2D eigenvalue weighted by Crippen LogP contribution is -2.07. The molecule has 2 rings (SSSR count). The van der Waals surface area contributed by atoms with Gasteiger partial charge in [-0.2, -0.15) is 5.26 Å². The molecular weight excluding hydrogens is 212 g/mol. The number of rotatable bonds is 1. The van der Waals surface area contributed by atoms with E-state index in [1.165, 1.54) is 6.07 Å². The molecule has 0 atom stereocenters. The van der Waals surface area contributed by atoms with Crippen molar-refractivity contribution in [3.63, 3.8) is 0 Å². The average Bonchev–Trinajstić information content (AvgIpc) is 2.23. The Labute approximate surface area is 91.1 Å². The zero-order valence-corrected chi connectivity index (χ0v) is 8.53. The fourth-order valence-electron chi connectivity index (χ4n) is 1.54. The van der Waals surface area contributed by atoms with Gasteiger partial charge in [0.2, 0.25) is 0 Å². The van der Waals surface area contributed by atoms with E-state index >= 15 is 0 Å². The van der Waals surface area contributed by atoms with Crippen LogP contribution in [0.3, 0.4) is 0 Å². The number of benzene rings is 1. The van der Waals surface area contributed by atoms with E-state index in [2.05, 4.69) is 0 Å². The maximum absolute atomic E-state index is 11.5. The maximum atomic E-state index is 11.5. The topological polar surface area (TPSA) is 45.8 Å². The molecule has 3 nitrogen and oxygen atoms in total. The summed E-state index contributed by atoms with van der Waals surface area (Å²) in [5.41, 5.74) is 0.537. The van der Waals surface area contributed by atoms with E-state index in [-0.39, 0.29) is 12.0 Å². The maximum Gasteiger partial charge on any atom is 0.189 e. The molecule has 1 aromatic heterocycles. The van der Waals surface area contributed by atoms with Gasteiger partial charge in [0.25, 0.3) is 0 Å². The number of para-hydroxylation sites is 1. The molecule has 0 aliphatic carbocycles. The van der Waals surface area contributed by atoms with E-state index in [1.807, 2.05) is 6.07 Å². The summed E-state index contributed by atoms with van der Waals surface area (Å²) < 4.78 is 1.67. The Kier molecular flexibility index (Phi) is 2.44. The molecule has 1 aromatic carbocycles. The lowest BCUT2D eigenvalue weighted by Gasteiger charge is -2.07. The van der Waals surface area contributed by atoms with Crippen molar-refractivity contribution in [1.29, 1.82) is 5.26 Å². The highest BCUT2D eigenvalue weighted by Crippen LogP contribution is 2.20. The first-order chi connectivity index (χ1) is 7.24. The van der Waals surface area contributed by atoms with Crippen LogP contribution in [0.1, 0.15) is 0 Å². The first kappa shape index (κ1) is 9.75. The molecule has 1 heterocycles. The second-order valence-electron chi connectivity index (χ2n) is 3.10. The van der Waals surface area contributed by atoms with Crippen molar-refractivity contribution in [3.05, 3.63) is 45.7 Å². The predicted octanol–water partition coefficient (Wildman–Crippen LogP) is 2.18. The van der Waals surface area contributed by atoms with E-state index in [1.54, 1.807) is 29.0 Å². The molecule has 4 heteroatoms. The molecule has 0 bridgehead atoms. The summed E-state index contributed by atoms with van der Waals surface area (Å²) in [6, 6.07) is 8.60. The zero-order valence-electron chi connectivity index (χ0n) is 7.77. The number of aromatic nitrogens is 1. The predicted molar refractivity (Wildman–Crippen MR) is 58.8 cm³/mol. The van der Waals surface area contributed by atoms with Gasteiger partial charge in [0.1, 0.15) is 6.54 Å². The Bertz CT molecular complexity index is 610. The third kappa shape index (κ3) is 1.60. The molecule has 0 aliphatic rings. The Morgan fingerprint density at radius 3 is 2.93 bits per heavy atom. The number of fused-ring (bicyclic) bond motifs is 1. The van der Waals surface area contributed by atoms with Gasteiger partial charge in [0.05, 0.1) is 16.6 Å². The van der Waals surface area contributed by atoms with E-state index in [0.29, 0.717) is 15.9 Å². The molecule has 0 saturated carbocycles. The van der Waals surface area contributed by atoms with Gasteiger partial charge in [-0.1, -0.05) is 17.7 Å². The lowest BCUT2D eigenvalue weighted by atomic mass is 10.2. The second kappa shape index (κ2) is 3.76. The minimum atomic E-state index is -0.0818. The van der Waals surface area contributed by atoms with Crippen LogP contribution in [0.15, 0.2) is 35.3 Å². The Morgan fingerprint density at radius 1 is 1.40 bits per heavy atom. The van der Waals surface area contributed by atoms with Crippen molar-refractivity contribution in [2.24, 2.45) is 0 Å². The summed E-state index contributed by atoms with van der Waals surface area (Å²) in [5, 5.41) is 9.68. The van der Waals surface area contributed by atoms with Crippen molar-refractivity contribution in [2.45, 2.75) is 6.54 Å². The van der Waals surface area contributed by atoms with Crippen molar-refractivity contribution in [1.82, 2.24) is 4.57 Å². The third-order valence-corrected chi connectivity index (χ3v) is 2.49. The van der Waals surface area contributed by atoms with Crippen molar-refractivity contribution >= 4 is 22.5 Å². The summed E-state index contributed by atoms with van der Waals surface area (Å²) in [6.45, 7) is 0.181. The number of pyridine rings is 1. The fourth-order valence-corrected chi connectivity index (χ4v) is 1.82. The minimum absolute atomic E-state index is 0.0818. The molecular formula is C11H7ClN2O. The van der Waals surface area contributed by atoms with Crippen molar-refractivity contribution in [3.8, 4) is 6.07 Å². The van der Waals surface area contributed by atoms with Crippen molar-refractivity contribution < 1.29 is 0 Å². The molecule has 0 radical (unpaired) electrons. The SMILES string of the molecule is N#CCn1ccc(=O)c2cccc(Cl)c21. The smallest absolute Gasteiger partial charge is 0.189 e. The van der Waals surface area contributed by atoms with Gasteiger partial charge >= 0.3 is 0 Å². The van der Waals surface area contributed by atoms with E-state index < -0.39 is 0 Å². The summed E-state index contributed by atoms with van der Waals surface area (Å²) in [4.78, 5) is 11.5. The third-order valence-electron chi connectivity index (χ3n) is 2.19. The largest absolute Gasteiger partial charge is 0.332 e. The van der Waals surface area contributed by atoms with Crippen LogP contribution >= 0.6 is 11.6 Å². The molecule has 74 valence electrons. The molecule has 0 fully saturated rings. The van der Waals surface area contributed by atoms with Gasteiger partial charge in [-0.3, -0.25) is 4.79 Å². The van der Waals surface area contributed by atoms with E-state index in [4.69, 9.17) is 16.9 Å². The minimum Gasteiger partial charge on any atom is -0.332 e. The number of nitrogens with zero attached hydrogens (tertiary/aromatic N) is 2. The summed E-state index contributed by atoms with van der Waals surface area (Å²) in [5.74, 6) is 0. The first-order valence-corrected chi connectivity index (χ1v) is 4.76. The first-order valence-electron chi connectivity index (χ1n) is 4.38. The van der Waals surface area contributed by atoms with Crippen LogP contribution in [-0.2, 0) is 6.54 Å². The average molecular weight is 219 g/mol. The van der Waals surface area contributed by atoms with E-state index in [0.717, 1.165) is 0 Å². The standard InChI is InChI=1S/C11H7ClN2O/c12-9-3-1-2-8-10(15)4-6-14(7-5-13)11(8)9/h1-4,6H,7H2. The molecule has 0 aliphatic heterocycles. The molecule has 15 heavy (non-hydrogen) atoms. The van der Waals surface area contributed by atoms with Gasteiger partial charge in [-0.15, -0.1) is 0 Å². The molecule has 0 unspecified atom stereocenters. The molecule has 0 amide bonds. The summed E-state index contributed by atoms with van der Waals surface area (Å²) in [6.07, 6.45) is 1.58. The van der Waals surface area contributed by atoms with Crippen LogP contribution in [-0.4, -0.2) is 4.57 Å². The molecule has 0 saturated heterocycles. The Morgan fingerprint density at radius 2 is 2.20 bits per heavy atom. The van der Waals surface area contributed by atoms with E-state index in [9.17, 15) is 4.79 Å². The highest BCUT2D eigenvalue weighted by atomic mass is 35.5. The number of hydrogen-bond acceptors (Lipinski definition) is 2. The summed E-state index contributed by atoms with van der Waals surface area (Å²) >= 11 is 6.00. The lowest BCUT2D eigenvalue weighted by molar-refractivity contribution is 0.861. The highest BCUT2D eigenvalue weighted by Gasteiger charge is 2.05. The van der Waals surface area contributed by atoms with Crippen LogP contribution < -0.4 is 5.43 Å². The van der Waals surface area contributed by atoms with Crippen LogP contribution in [0.2, 0.25) is 5.02 Å². The number of nitriles is 1. The molecule has 2 aromatic rings. The van der Waals surface area contributed by atoms with Crippen LogP contribution in [0, 0.1) is 11.3 Å². The molecule has 0 spiro atoms. The normalized spacial score (nSPS) is 10.1. The van der Waals surface area contributed by atoms with Crippen LogP contribution in [0.4, 0.5) is 0 Å². The van der Waals surface area contributed by atoms with Crippen molar-refractivity contribution in [2.75, 3.05) is 0 Å². The highest BCUT2D eigenvalue weighted by molar-refractivity contribution is 6.35. The Hall–Kier alpha value is -1.79. The van der Waals surface area contributed by atoms with Crippen LogP contribution in [0.5, 0.6) is 0 Å². The molecule has 0 N–H and O–H groups in total. The number of halogens is 1. The van der Waals surface area contributed by atoms with Crippen LogP contribution in [0.25, 0.3) is 10.9 Å². The van der Waals surface area contributed by atoms with Gasteiger partial charge in [-0.25, -0.2) is 0 Å². The monoisotopic (exact) mass is 218 g/mol. The fraction of sp³-hybridized carbons (Fsp3) is 0.0909. The Balaban J connectivity index is 2.91. The van der Waals surface area contributed by atoms with Gasteiger partial charge in [-0.05, 0) is 12.1 Å². The number of hydrogen-bond donors (Lipinski definition) is 0. The zero-order chi connectivity index (χ0) is 10.8. The van der Waals surface area contributed by atoms with Gasteiger partial charge < -0.3 is 4.57 Å². The van der Waals surface area contributed by atoms with Gasteiger partial charge in [0.15, 0.2) is 5.43 Å². The quantitative estimate of drug-likeness (QED) is 0.737.